The molecule has 106 valence electrons. The zero-order valence-electron chi connectivity index (χ0n) is 11.6. The molecule has 20 heavy (non-hydrogen) atoms. The summed E-state index contributed by atoms with van der Waals surface area (Å²) in [4.78, 5) is 4.42. The van der Waals surface area contributed by atoms with Crippen molar-refractivity contribution in [1.82, 2.24) is 15.5 Å². The molecule has 1 aliphatic rings. The lowest BCUT2D eigenvalue weighted by Gasteiger charge is -2.04. The van der Waals surface area contributed by atoms with E-state index < -0.39 is 0 Å². The van der Waals surface area contributed by atoms with Crippen molar-refractivity contribution in [2.24, 2.45) is 0 Å². The van der Waals surface area contributed by atoms with Crippen molar-refractivity contribution in [2.45, 2.75) is 32.2 Å². The molecule has 1 fully saturated rings. The first kappa shape index (κ1) is 13.1. The van der Waals surface area contributed by atoms with Gasteiger partial charge in [-0.2, -0.15) is 4.98 Å². The molecule has 1 aliphatic heterocycles. The van der Waals surface area contributed by atoms with Gasteiger partial charge in [0.2, 0.25) is 5.89 Å². The quantitative estimate of drug-likeness (QED) is 0.906. The van der Waals surface area contributed by atoms with Gasteiger partial charge in [-0.1, -0.05) is 17.3 Å². The molecule has 0 radical (unpaired) electrons. The maximum atomic E-state index is 5.69. The summed E-state index contributed by atoms with van der Waals surface area (Å²) >= 11 is 0. The van der Waals surface area contributed by atoms with E-state index in [-0.39, 0.29) is 6.04 Å². The molecule has 1 unspecified atom stereocenters. The minimum absolute atomic E-state index is 0.231. The molecule has 0 bridgehead atoms. The minimum Gasteiger partial charge on any atom is -0.493 e. The van der Waals surface area contributed by atoms with E-state index in [0.29, 0.717) is 24.7 Å². The van der Waals surface area contributed by atoms with Crippen molar-refractivity contribution in [3.63, 3.8) is 0 Å². The van der Waals surface area contributed by atoms with Crippen LogP contribution in [0.1, 0.15) is 36.2 Å². The molecular formula is C15H19N3O2. The van der Waals surface area contributed by atoms with Crippen LogP contribution in [-0.2, 0) is 6.42 Å². The van der Waals surface area contributed by atoms with E-state index in [9.17, 15) is 0 Å². The van der Waals surface area contributed by atoms with Gasteiger partial charge in [0.25, 0.3) is 0 Å². The fourth-order valence-electron chi connectivity index (χ4n) is 2.37. The van der Waals surface area contributed by atoms with Crippen molar-refractivity contribution in [3.05, 3.63) is 41.5 Å². The van der Waals surface area contributed by atoms with E-state index in [1.165, 1.54) is 12.0 Å². The predicted molar refractivity (Wildman–Crippen MR) is 74.7 cm³/mol. The van der Waals surface area contributed by atoms with Crippen molar-refractivity contribution < 1.29 is 9.26 Å². The average Bonchev–Trinajstić information content (AvgIpc) is 3.09. The first-order chi connectivity index (χ1) is 9.81. The summed E-state index contributed by atoms with van der Waals surface area (Å²) in [5.41, 5.74) is 1.19. The molecule has 5 nitrogen and oxygen atoms in total. The number of nitrogens with zero attached hydrogens (tertiary/aromatic N) is 2. The van der Waals surface area contributed by atoms with E-state index in [0.717, 1.165) is 18.7 Å². The Kier molecular flexibility index (Phi) is 3.97. The van der Waals surface area contributed by atoms with Gasteiger partial charge in [-0.15, -0.1) is 0 Å². The van der Waals surface area contributed by atoms with E-state index in [4.69, 9.17) is 9.26 Å². The number of aromatic nitrogens is 2. The van der Waals surface area contributed by atoms with Crippen LogP contribution in [-0.4, -0.2) is 23.3 Å². The smallest absolute Gasteiger partial charge is 0.243 e. The topological polar surface area (TPSA) is 60.2 Å². The summed E-state index contributed by atoms with van der Waals surface area (Å²) in [6, 6.07) is 8.24. The summed E-state index contributed by atoms with van der Waals surface area (Å²) in [6.07, 6.45) is 2.89. The number of rotatable bonds is 5. The third-order valence-corrected chi connectivity index (χ3v) is 3.43. The number of hydrogen-bond acceptors (Lipinski definition) is 5. The predicted octanol–water partition coefficient (Wildman–Crippen LogP) is 2.42. The molecule has 1 aromatic heterocycles. The Balaban J connectivity index is 1.51. The highest BCUT2D eigenvalue weighted by molar-refractivity contribution is 5.27. The Morgan fingerprint density at radius 1 is 1.45 bits per heavy atom. The largest absolute Gasteiger partial charge is 0.493 e. The van der Waals surface area contributed by atoms with E-state index in [1.54, 1.807) is 0 Å². The molecule has 3 rings (SSSR count). The maximum Gasteiger partial charge on any atom is 0.243 e. The van der Waals surface area contributed by atoms with Crippen LogP contribution in [0.2, 0.25) is 0 Å². The number of nitrogens with one attached hydrogen (secondary N) is 1. The average molecular weight is 273 g/mol. The fraction of sp³-hybridized carbons (Fsp3) is 0.467. The number of hydrogen-bond donors (Lipinski definition) is 1. The zero-order valence-corrected chi connectivity index (χ0v) is 11.6. The Morgan fingerprint density at radius 3 is 3.20 bits per heavy atom. The van der Waals surface area contributed by atoms with Gasteiger partial charge in [-0.05, 0) is 44.0 Å². The second-order valence-corrected chi connectivity index (χ2v) is 5.11. The lowest BCUT2D eigenvalue weighted by molar-refractivity contribution is 0.311. The number of benzene rings is 1. The highest BCUT2D eigenvalue weighted by Crippen LogP contribution is 2.21. The van der Waals surface area contributed by atoms with Gasteiger partial charge in [0, 0.05) is 6.42 Å². The van der Waals surface area contributed by atoms with Crippen LogP contribution >= 0.6 is 0 Å². The van der Waals surface area contributed by atoms with Crippen LogP contribution in [0, 0.1) is 6.92 Å². The lowest BCUT2D eigenvalue weighted by atomic mass is 10.2. The van der Waals surface area contributed by atoms with Gasteiger partial charge in [0.05, 0.1) is 12.6 Å². The fourth-order valence-corrected chi connectivity index (χ4v) is 2.37. The van der Waals surface area contributed by atoms with Gasteiger partial charge in [0.15, 0.2) is 5.82 Å². The van der Waals surface area contributed by atoms with E-state index in [2.05, 4.69) is 15.5 Å². The van der Waals surface area contributed by atoms with Crippen LogP contribution in [0.25, 0.3) is 0 Å². The summed E-state index contributed by atoms with van der Waals surface area (Å²) in [5, 5.41) is 7.35. The monoisotopic (exact) mass is 273 g/mol. The molecule has 0 amide bonds. The summed E-state index contributed by atoms with van der Waals surface area (Å²) < 4.78 is 11.0. The highest BCUT2D eigenvalue weighted by Gasteiger charge is 2.22. The van der Waals surface area contributed by atoms with E-state index >= 15 is 0 Å². The van der Waals surface area contributed by atoms with Gasteiger partial charge in [-0.3, -0.25) is 0 Å². The molecule has 0 spiro atoms. The SMILES string of the molecule is Cc1cccc(OCCc2noc(C3CCCN3)n2)c1. The van der Waals surface area contributed by atoms with Crippen LogP contribution in [0.15, 0.2) is 28.8 Å². The Morgan fingerprint density at radius 2 is 2.40 bits per heavy atom. The Labute approximate surface area is 118 Å². The van der Waals surface area contributed by atoms with Crippen molar-refractivity contribution in [3.8, 4) is 5.75 Å². The first-order valence-electron chi connectivity index (χ1n) is 7.06. The molecule has 2 heterocycles. The van der Waals surface area contributed by atoms with Gasteiger partial charge in [0.1, 0.15) is 5.75 Å². The van der Waals surface area contributed by atoms with Crippen molar-refractivity contribution in [2.75, 3.05) is 13.2 Å². The second-order valence-electron chi connectivity index (χ2n) is 5.11. The van der Waals surface area contributed by atoms with Crippen LogP contribution in [0.5, 0.6) is 5.75 Å². The molecule has 0 saturated carbocycles. The summed E-state index contributed by atoms with van der Waals surface area (Å²) in [7, 11) is 0. The molecule has 2 aromatic rings. The molecular weight excluding hydrogens is 254 g/mol. The minimum atomic E-state index is 0.231. The molecule has 1 atom stereocenters. The molecule has 0 aliphatic carbocycles. The standard InChI is InChI=1S/C15H19N3O2/c1-11-4-2-5-12(10-11)19-9-7-14-17-15(20-18-14)13-6-3-8-16-13/h2,4-5,10,13,16H,3,6-9H2,1H3. The molecule has 5 heteroatoms. The van der Waals surface area contributed by atoms with Gasteiger partial charge < -0.3 is 14.6 Å². The number of aryl methyl sites for hydroxylation is 1. The third-order valence-electron chi connectivity index (χ3n) is 3.43. The Hall–Kier alpha value is -1.88. The van der Waals surface area contributed by atoms with Crippen LogP contribution < -0.4 is 10.1 Å². The normalized spacial score (nSPS) is 18.4. The molecule has 1 aromatic carbocycles. The van der Waals surface area contributed by atoms with Crippen LogP contribution in [0.4, 0.5) is 0 Å². The Bertz CT molecular complexity index is 562. The molecule has 1 N–H and O–H groups in total. The van der Waals surface area contributed by atoms with Gasteiger partial charge in [-0.25, -0.2) is 0 Å². The maximum absolute atomic E-state index is 5.69. The zero-order chi connectivity index (χ0) is 13.8. The van der Waals surface area contributed by atoms with Gasteiger partial charge >= 0.3 is 0 Å². The highest BCUT2D eigenvalue weighted by atomic mass is 16.5. The second kappa shape index (κ2) is 6.05. The number of ether oxygens (including phenoxy) is 1. The molecule has 1 saturated heterocycles. The van der Waals surface area contributed by atoms with E-state index in [1.807, 2.05) is 31.2 Å². The summed E-state index contributed by atoms with van der Waals surface area (Å²) in [5.74, 6) is 2.29. The van der Waals surface area contributed by atoms with Crippen molar-refractivity contribution >= 4 is 0 Å². The summed E-state index contributed by atoms with van der Waals surface area (Å²) in [6.45, 7) is 3.63. The first-order valence-corrected chi connectivity index (χ1v) is 7.06. The lowest BCUT2D eigenvalue weighted by Crippen LogP contribution is -2.13. The van der Waals surface area contributed by atoms with Crippen LogP contribution in [0.3, 0.4) is 0 Å². The third kappa shape index (κ3) is 3.17. The van der Waals surface area contributed by atoms with Crippen molar-refractivity contribution in [1.29, 1.82) is 0 Å².